The van der Waals surface area contributed by atoms with E-state index >= 15 is 0 Å². The Bertz CT molecular complexity index is 304. The smallest absolute Gasteiger partial charge is 0.241 e. The van der Waals surface area contributed by atoms with E-state index in [-0.39, 0.29) is 24.3 Å². The molecule has 6 heteroatoms. The van der Waals surface area contributed by atoms with E-state index in [4.69, 9.17) is 5.73 Å². The van der Waals surface area contributed by atoms with Crippen LogP contribution < -0.4 is 11.1 Å². The van der Waals surface area contributed by atoms with Crippen molar-refractivity contribution in [2.75, 3.05) is 25.1 Å². The van der Waals surface area contributed by atoms with Gasteiger partial charge in [-0.1, -0.05) is 13.8 Å². The van der Waals surface area contributed by atoms with Crippen LogP contribution in [-0.4, -0.2) is 53.9 Å². The summed E-state index contributed by atoms with van der Waals surface area (Å²) in [4.78, 5) is 25.2. The average Bonchev–Trinajstić information content (AvgIpc) is 2.87. The average molecular weight is 273 g/mol. The van der Waals surface area contributed by atoms with Gasteiger partial charge >= 0.3 is 0 Å². The molecular weight excluding hydrogens is 250 g/mol. The van der Waals surface area contributed by atoms with Gasteiger partial charge in [-0.3, -0.25) is 9.59 Å². The summed E-state index contributed by atoms with van der Waals surface area (Å²) >= 11 is 1.86. The second-order valence-corrected chi connectivity index (χ2v) is 6.16. The first-order chi connectivity index (χ1) is 8.43. The molecule has 0 aromatic rings. The van der Waals surface area contributed by atoms with Gasteiger partial charge in [-0.25, -0.2) is 0 Å². The number of rotatable bonds is 5. The van der Waals surface area contributed by atoms with Crippen molar-refractivity contribution < 1.29 is 9.59 Å². The van der Waals surface area contributed by atoms with E-state index in [1.165, 1.54) is 0 Å². The minimum Gasteiger partial charge on any atom is -0.346 e. The number of nitrogens with two attached hydrogens (primary N) is 1. The lowest BCUT2D eigenvalue weighted by Crippen LogP contribution is -2.48. The van der Waals surface area contributed by atoms with Crippen LogP contribution in [0.1, 0.15) is 20.3 Å². The molecule has 2 atom stereocenters. The highest BCUT2D eigenvalue weighted by Gasteiger charge is 2.24. The monoisotopic (exact) mass is 273 g/mol. The third-order valence-electron chi connectivity index (χ3n) is 3.28. The fourth-order valence-corrected chi connectivity index (χ4v) is 3.01. The predicted molar refractivity (Wildman–Crippen MR) is 74.3 cm³/mol. The highest BCUT2D eigenvalue weighted by molar-refractivity contribution is 7.99. The molecule has 1 fully saturated rings. The molecule has 1 unspecified atom stereocenters. The Balaban J connectivity index is 2.34. The van der Waals surface area contributed by atoms with Gasteiger partial charge in [0.2, 0.25) is 11.8 Å². The Labute approximate surface area is 113 Å². The third kappa shape index (κ3) is 4.17. The lowest BCUT2D eigenvalue weighted by Gasteiger charge is -2.24. The molecule has 1 saturated heterocycles. The molecule has 1 heterocycles. The van der Waals surface area contributed by atoms with Crippen LogP contribution in [0, 0.1) is 5.92 Å². The van der Waals surface area contributed by atoms with Crippen LogP contribution in [0.3, 0.4) is 0 Å². The summed E-state index contributed by atoms with van der Waals surface area (Å²) in [5, 5.41) is 2.61. The highest BCUT2D eigenvalue weighted by atomic mass is 32.2. The Morgan fingerprint density at radius 1 is 1.50 bits per heavy atom. The van der Waals surface area contributed by atoms with E-state index in [9.17, 15) is 9.59 Å². The second-order valence-electron chi connectivity index (χ2n) is 5.01. The minimum atomic E-state index is -0.551. The van der Waals surface area contributed by atoms with Gasteiger partial charge in [-0.2, -0.15) is 11.8 Å². The van der Waals surface area contributed by atoms with Crippen molar-refractivity contribution in [3.8, 4) is 0 Å². The molecule has 0 aromatic carbocycles. The summed E-state index contributed by atoms with van der Waals surface area (Å²) in [6, 6.07) is -0.247. The van der Waals surface area contributed by atoms with Crippen molar-refractivity contribution in [1.29, 1.82) is 0 Å². The van der Waals surface area contributed by atoms with E-state index in [1.54, 1.807) is 11.9 Å². The Hall–Kier alpha value is -0.750. The molecule has 0 aromatic heterocycles. The minimum absolute atomic E-state index is 0.0386. The van der Waals surface area contributed by atoms with E-state index in [0.717, 1.165) is 17.9 Å². The summed E-state index contributed by atoms with van der Waals surface area (Å²) < 4.78 is 0. The van der Waals surface area contributed by atoms with Crippen LogP contribution in [0.4, 0.5) is 0 Å². The van der Waals surface area contributed by atoms with Gasteiger partial charge in [0.15, 0.2) is 0 Å². The number of amides is 2. The predicted octanol–water partition coefficient (Wildman–Crippen LogP) is 0.0498. The zero-order valence-electron chi connectivity index (χ0n) is 11.3. The summed E-state index contributed by atoms with van der Waals surface area (Å²) in [5.74, 6) is 1.86. The number of hydrogen-bond acceptors (Lipinski definition) is 4. The topological polar surface area (TPSA) is 75.4 Å². The van der Waals surface area contributed by atoms with Crippen molar-refractivity contribution in [2.45, 2.75) is 32.4 Å². The molecule has 0 radical (unpaired) electrons. The summed E-state index contributed by atoms with van der Waals surface area (Å²) in [6.45, 7) is 3.80. The van der Waals surface area contributed by atoms with Gasteiger partial charge in [0, 0.05) is 18.8 Å². The molecule has 1 rings (SSSR count). The fraction of sp³-hybridized carbons (Fsp3) is 0.833. The Morgan fingerprint density at radius 2 is 2.17 bits per heavy atom. The first-order valence-corrected chi connectivity index (χ1v) is 7.45. The molecule has 3 N–H and O–H groups in total. The van der Waals surface area contributed by atoms with E-state index < -0.39 is 6.04 Å². The van der Waals surface area contributed by atoms with Crippen molar-refractivity contribution in [1.82, 2.24) is 10.2 Å². The molecule has 0 saturated carbocycles. The fourth-order valence-electron chi connectivity index (χ4n) is 1.74. The van der Waals surface area contributed by atoms with Crippen LogP contribution in [-0.2, 0) is 9.59 Å². The molecule has 0 bridgehead atoms. The van der Waals surface area contributed by atoms with E-state index in [0.29, 0.717) is 6.04 Å². The normalized spacial score (nSPS) is 20.8. The van der Waals surface area contributed by atoms with Gasteiger partial charge < -0.3 is 16.0 Å². The molecule has 1 aliphatic heterocycles. The molecule has 2 amide bonds. The number of nitrogens with one attached hydrogen (secondary N) is 1. The second kappa shape index (κ2) is 6.99. The number of carbonyl (C=O) groups excluding carboxylic acids is 2. The van der Waals surface area contributed by atoms with Gasteiger partial charge in [0.1, 0.15) is 0 Å². The summed E-state index contributed by atoms with van der Waals surface area (Å²) in [6.07, 6.45) is 1.03. The first kappa shape index (κ1) is 15.3. The van der Waals surface area contributed by atoms with Crippen LogP contribution in [0.5, 0.6) is 0 Å². The lowest BCUT2D eigenvalue weighted by atomic mass is 10.1. The van der Waals surface area contributed by atoms with Crippen molar-refractivity contribution in [2.24, 2.45) is 11.7 Å². The maximum absolute atomic E-state index is 11.9. The van der Waals surface area contributed by atoms with Crippen LogP contribution in [0.15, 0.2) is 0 Å². The van der Waals surface area contributed by atoms with Gasteiger partial charge in [0.05, 0.1) is 12.6 Å². The number of carbonyl (C=O) groups is 2. The number of nitrogens with zero attached hydrogens (tertiary/aromatic N) is 1. The van der Waals surface area contributed by atoms with Crippen molar-refractivity contribution in [3.05, 3.63) is 0 Å². The quantitative estimate of drug-likeness (QED) is 0.742. The first-order valence-electron chi connectivity index (χ1n) is 6.30. The van der Waals surface area contributed by atoms with Crippen LogP contribution >= 0.6 is 11.8 Å². The molecule has 1 aliphatic rings. The number of thioether (sulfide) groups is 1. The van der Waals surface area contributed by atoms with Crippen LogP contribution in [0.2, 0.25) is 0 Å². The molecule has 18 heavy (non-hydrogen) atoms. The van der Waals surface area contributed by atoms with Crippen molar-refractivity contribution in [3.63, 3.8) is 0 Å². The SMILES string of the molecule is CC(C)[C@H](N)C(=O)NCC(=O)N(C)C1CCSC1. The highest BCUT2D eigenvalue weighted by Crippen LogP contribution is 2.21. The van der Waals surface area contributed by atoms with Crippen molar-refractivity contribution >= 4 is 23.6 Å². The third-order valence-corrected chi connectivity index (χ3v) is 4.43. The maximum atomic E-state index is 11.9. The van der Waals surface area contributed by atoms with E-state index in [2.05, 4.69) is 5.32 Å². The molecule has 104 valence electrons. The largest absolute Gasteiger partial charge is 0.346 e. The van der Waals surface area contributed by atoms with Gasteiger partial charge in [0.25, 0.3) is 0 Å². The summed E-state index contributed by atoms with van der Waals surface area (Å²) in [5.41, 5.74) is 5.70. The van der Waals surface area contributed by atoms with Crippen LogP contribution in [0.25, 0.3) is 0 Å². The number of likely N-dealkylation sites (N-methyl/N-ethyl adjacent to an activating group) is 1. The lowest BCUT2D eigenvalue weighted by molar-refractivity contribution is -0.133. The molecule has 5 nitrogen and oxygen atoms in total. The molecular formula is C12H23N3O2S. The van der Waals surface area contributed by atoms with Gasteiger partial charge in [-0.15, -0.1) is 0 Å². The standard InChI is InChI=1S/C12H23N3O2S/c1-8(2)11(13)12(17)14-6-10(16)15(3)9-4-5-18-7-9/h8-9,11H,4-7,13H2,1-3H3,(H,14,17)/t9?,11-/m0/s1. The molecule has 0 spiro atoms. The van der Waals surface area contributed by atoms with Gasteiger partial charge in [-0.05, 0) is 18.1 Å². The Kier molecular flexibility index (Phi) is 5.95. The Morgan fingerprint density at radius 3 is 2.67 bits per heavy atom. The van der Waals surface area contributed by atoms with E-state index in [1.807, 2.05) is 25.6 Å². The zero-order valence-corrected chi connectivity index (χ0v) is 12.1. The molecule has 0 aliphatic carbocycles. The maximum Gasteiger partial charge on any atom is 0.241 e. The number of hydrogen-bond donors (Lipinski definition) is 2. The summed E-state index contributed by atoms with van der Waals surface area (Å²) in [7, 11) is 1.80. The zero-order chi connectivity index (χ0) is 13.7.